The predicted molar refractivity (Wildman–Crippen MR) is 60.8 cm³/mol. The van der Waals surface area contributed by atoms with Gasteiger partial charge in [0, 0.05) is 6.42 Å². The van der Waals surface area contributed by atoms with Gasteiger partial charge in [-0.15, -0.1) is 0 Å². The van der Waals surface area contributed by atoms with E-state index in [1.807, 2.05) is 0 Å². The molecule has 2 rings (SSSR count). The van der Waals surface area contributed by atoms with E-state index in [-0.39, 0.29) is 11.7 Å². The molecule has 2 N–H and O–H groups in total. The number of carbonyl (C=O) groups is 1. The SMILES string of the molecule is CC(C)[C@@H]1CCC(=O)C2=C1[C@H](O)[C@H](O)CC2. The second-order valence-corrected chi connectivity index (χ2v) is 5.30. The van der Waals surface area contributed by atoms with E-state index < -0.39 is 12.2 Å². The largest absolute Gasteiger partial charge is 0.390 e. The van der Waals surface area contributed by atoms with Crippen molar-refractivity contribution < 1.29 is 15.0 Å². The van der Waals surface area contributed by atoms with Crippen molar-refractivity contribution in [3.8, 4) is 0 Å². The molecule has 0 spiro atoms. The molecule has 90 valence electrons. The molecular formula is C13H20O3. The normalized spacial score (nSPS) is 35.6. The fourth-order valence-corrected chi connectivity index (χ4v) is 3.01. The highest BCUT2D eigenvalue weighted by Gasteiger charge is 2.39. The third kappa shape index (κ3) is 1.82. The summed E-state index contributed by atoms with van der Waals surface area (Å²) in [6.07, 6.45) is 1.06. The van der Waals surface area contributed by atoms with Gasteiger partial charge in [0.25, 0.3) is 0 Å². The monoisotopic (exact) mass is 224 g/mol. The summed E-state index contributed by atoms with van der Waals surface area (Å²) in [5.74, 6) is 0.855. The van der Waals surface area contributed by atoms with Crippen LogP contribution in [0.3, 0.4) is 0 Å². The smallest absolute Gasteiger partial charge is 0.158 e. The number of rotatable bonds is 1. The maximum absolute atomic E-state index is 11.8. The maximum Gasteiger partial charge on any atom is 0.158 e. The van der Waals surface area contributed by atoms with Crippen LogP contribution in [0.5, 0.6) is 0 Å². The number of ketones is 1. The number of Topliss-reactive ketones (excluding diaryl/α,β-unsaturated/α-hetero) is 1. The fourth-order valence-electron chi connectivity index (χ4n) is 3.01. The van der Waals surface area contributed by atoms with Gasteiger partial charge in [0.1, 0.15) is 6.10 Å². The maximum atomic E-state index is 11.8. The minimum Gasteiger partial charge on any atom is -0.390 e. The van der Waals surface area contributed by atoms with E-state index in [1.54, 1.807) is 0 Å². The van der Waals surface area contributed by atoms with E-state index in [0.29, 0.717) is 25.2 Å². The Hall–Kier alpha value is -0.670. The van der Waals surface area contributed by atoms with Crippen LogP contribution < -0.4 is 0 Å². The molecule has 0 saturated carbocycles. The van der Waals surface area contributed by atoms with E-state index in [2.05, 4.69) is 13.8 Å². The zero-order chi connectivity index (χ0) is 11.9. The molecular weight excluding hydrogens is 204 g/mol. The average Bonchev–Trinajstić information content (AvgIpc) is 2.23. The lowest BCUT2D eigenvalue weighted by atomic mass is 9.69. The molecule has 0 saturated heterocycles. The molecule has 2 aliphatic rings. The Balaban J connectivity index is 2.40. The molecule has 16 heavy (non-hydrogen) atoms. The Morgan fingerprint density at radius 3 is 2.50 bits per heavy atom. The van der Waals surface area contributed by atoms with Crippen molar-refractivity contribution in [3.05, 3.63) is 11.1 Å². The first kappa shape index (κ1) is 11.8. The van der Waals surface area contributed by atoms with Crippen LogP contribution in [0.1, 0.15) is 39.5 Å². The standard InChI is InChI=1S/C13H20O3/c1-7(2)8-3-5-10(14)9-4-6-11(15)13(16)12(8)9/h7-8,11,13,15-16H,3-6H2,1-2H3/t8-,11+,13+/m0/s1. The first-order valence-electron chi connectivity index (χ1n) is 6.14. The van der Waals surface area contributed by atoms with Gasteiger partial charge in [-0.3, -0.25) is 4.79 Å². The summed E-state index contributed by atoms with van der Waals surface area (Å²) >= 11 is 0. The van der Waals surface area contributed by atoms with Gasteiger partial charge in [-0.1, -0.05) is 13.8 Å². The van der Waals surface area contributed by atoms with Crippen molar-refractivity contribution in [1.29, 1.82) is 0 Å². The molecule has 0 radical (unpaired) electrons. The molecule has 0 aromatic heterocycles. The van der Waals surface area contributed by atoms with E-state index >= 15 is 0 Å². The molecule has 0 aromatic carbocycles. The van der Waals surface area contributed by atoms with E-state index in [0.717, 1.165) is 17.6 Å². The number of carbonyl (C=O) groups excluding carboxylic acids is 1. The van der Waals surface area contributed by atoms with E-state index in [9.17, 15) is 15.0 Å². The summed E-state index contributed by atoms with van der Waals surface area (Å²) in [6, 6.07) is 0. The molecule has 3 nitrogen and oxygen atoms in total. The molecule has 2 aliphatic carbocycles. The van der Waals surface area contributed by atoms with Crippen molar-refractivity contribution in [2.24, 2.45) is 11.8 Å². The zero-order valence-electron chi connectivity index (χ0n) is 9.94. The minimum atomic E-state index is -0.819. The first-order chi connectivity index (χ1) is 7.52. The molecule has 0 bridgehead atoms. The number of aliphatic hydroxyl groups is 2. The highest BCUT2D eigenvalue weighted by atomic mass is 16.3. The molecule has 0 heterocycles. The van der Waals surface area contributed by atoms with Crippen molar-refractivity contribution in [3.63, 3.8) is 0 Å². The highest BCUT2D eigenvalue weighted by Crippen LogP contribution is 2.40. The van der Waals surface area contributed by atoms with Crippen LogP contribution in [0, 0.1) is 11.8 Å². The van der Waals surface area contributed by atoms with Crippen molar-refractivity contribution in [2.45, 2.75) is 51.7 Å². The lowest BCUT2D eigenvalue weighted by Crippen LogP contribution is -2.40. The zero-order valence-corrected chi connectivity index (χ0v) is 9.94. The summed E-state index contributed by atoms with van der Waals surface area (Å²) in [6.45, 7) is 4.22. The third-order valence-corrected chi connectivity index (χ3v) is 3.94. The lowest BCUT2D eigenvalue weighted by molar-refractivity contribution is -0.117. The van der Waals surface area contributed by atoms with Crippen LogP contribution in [0.15, 0.2) is 11.1 Å². The van der Waals surface area contributed by atoms with Gasteiger partial charge < -0.3 is 10.2 Å². The summed E-state index contributed by atoms with van der Waals surface area (Å²) < 4.78 is 0. The van der Waals surface area contributed by atoms with Gasteiger partial charge in [-0.2, -0.15) is 0 Å². The number of allylic oxidation sites excluding steroid dienone is 1. The van der Waals surface area contributed by atoms with Gasteiger partial charge in [-0.05, 0) is 42.2 Å². The van der Waals surface area contributed by atoms with Gasteiger partial charge in [0.05, 0.1) is 6.10 Å². The Morgan fingerprint density at radius 2 is 1.88 bits per heavy atom. The van der Waals surface area contributed by atoms with E-state index in [4.69, 9.17) is 0 Å². The van der Waals surface area contributed by atoms with Crippen LogP contribution >= 0.6 is 0 Å². The Kier molecular flexibility index (Phi) is 3.17. The van der Waals surface area contributed by atoms with Gasteiger partial charge in [-0.25, -0.2) is 0 Å². The molecule has 0 aromatic rings. The second kappa shape index (κ2) is 4.30. The summed E-state index contributed by atoms with van der Waals surface area (Å²) in [5, 5.41) is 19.8. The average molecular weight is 224 g/mol. The molecule has 0 amide bonds. The van der Waals surface area contributed by atoms with Gasteiger partial charge in [0.15, 0.2) is 5.78 Å². The lowest BCUT2D eigenvalue weighted by Gasteiger charge is -2.38. The van der Waals surface area contributed by atoms with Gasteiger partial charge in [0.2, 0.25) is 0 Å². The van der Waals surface area contributed by atoms with E-state index in [1.165, 1.54) is 0 Å². The van der Waals surface area contributed by atoms with Crippen LogP contribution in [-0.4, -0.2) is 28.2 Å². The quantitative estimate of drug-likeness (QED) is 0.708. The number of hydrogen-bond donors (Lipinski definition) is 2. The predicted octanol–water partition coefficient (Wildman–Crippen LogP) is 1.43. The molecule has 0 fully saturated rings. The molecule has 3 heteroatoms. The van der Waals surface area contributed by atoms with Crippen molar-refractivity contribution in [2.75, 3.05) is 0 Å². The number of hydrogen-bond acceptors (Lipinski definition) is 3. The van der Waals surface area contributed by atoms with Gasteiger partial charge >= 0.3 is 0 Å². The molecule has 3 atom stereocenters. The van der Waals surface area contributed by atoms with Crippen LogP contribution in [-0.2, 0) is 4.79 Å². The highest BCUT2D eigenvalue weighted by molar-refractivity contribution is 5.97. The summed E-state index contributed by atoms with van der Waals surface area (Å²) in [7, 11) is 0. The first-order valence-corrected chi connectivity index (χ1v) is 6.14. The summed E-state index contributed by atoms with van der Waals surface area (Å²) in [4.78, 5) is 11.8. The summed E-state index contributed by atoms with van der Waals surface area (Å²) in [5.41, 5.74) is 1.65. The minimum absolute atomic E-state index is 0.179. The topological polar surface area (TPSA) is 57.5 Å². The Bertz CT molecular complexity index is 330. The van der Waals surface area contributed by atoms with Crippen molar-refractivity contribution >= 4 is 5.78 Å². The Morgan fingerprint density at radius 1 is 1.19 bits per heavy atom. The molecule has 0 unspecified atom stereocenters. The van der Waals surface area contributed by atoms with Crippen LogP contribution in [0.4, 0.5) is 0 Å². The second-order valence-electron chi connectivity index (χ2n) is 5.30. The number of aliphatic hydroxyl groups excluding tert-OH is 2. The molecule has 0 aliphatic heterocycles. The third-order valence-electron chi connectivity index (χ3n) is 3.94. The fraction of sp³-hybridized carbons (Fsp3) is 0.769. The Labute approximate surface area is 96.2 Å². The van der Waals surface area contributed by atoms with Crippen molar-refractivity contribution in [1.82, 2.24) is 0 Å². The van der Waals surface area contributed by atoms with Crippen LogP contribution in [0.25, 0.3) is 0 Å². The van der Waals surface area contributed by atoms with Crippen LogP contribution in [0.2, 0.25) is 0 Å².